The van der Waals surface area contributed by atoms with Crippen LogP contribution in [0.25, 0.3) is 0 Å². The highest BCUT2D eigenvalue weighted by Crippen LogP contribution is 2.26. The lowest BCUT2D eigenvalue weighted by Gasteiger charge is -2.15. The van der Waals surface area contributed by atoms with Crippen molar-refractivity contribution in [2.24, 2.45) is 0 Å². The summed E-state index contributed by atoms with van der Waals surface area (Å²) in [7, 11) is 3.67. The molecule has 1 aliphatic rings. The van der Waals surface area contributed by atoms with Gasteiger partial charge >= 0.3 is 0 Å². The summed E-state index contributed by atoms with van der Waals surface area (Å²) < 4.78 is 0. The lowest BCUT2D eigenvalue weighted by molar-refractivity contribution is 0.0779. The van der Waals surface area contributed by atoms with Crippen LogP contribution in [0.2, 0.25) is 0 Å². The third kappa shape index (κ3) is 2.09. The van der Waals surface area contributed by atoms with Crippen LogP contribution < -0.4 is 5.32 Å². The molecule has 1 heterocycles. The van der Waals surface area contributed by atoms with Gasteiger partial charge in [0.05, 0.1) is 0 Å². The predicted molar refractivity (Wildman–Crippen MR) is 58.9 cm³/mol. The Morgan fingerprint density at radius 1 is 1.60 bits per heavy atom. The van der Waals surface area contributed by atoms with Gasteiger partial charge in [-0.25, -0.2) is 0 Å². The predicted octanol–water partition coefficient (Wildman–Crippen LogP) is 1.36. The van der Waals surface area contributed by atoms with Crippen LogP contribution in [-0.2, 0) is 0 Å². The van der Waals surface area contributed by atoms with Gasteiger partial charge in [0.2, 0.25) is 0 Å². The molecule has 0 aliphatic heterocycles. The summed E-state index contributed by atoms with van der Waals surface area (Å²) in [6.45, 7) is 0. The molecule has 1 aliphatic carbocycles. The van der Waals surface area contributed by atoms with Crippen molar-refractivity contribution in [3.8, 4) is 0 Å². The maximum absolute atomic E-state index is 11.9. The van der Waals surface area contributed by atoms with E-state index in [0.29, 0.717) is 11.7 Å². The molecule has 0 saturated heterocycles. The van der Waals surface area contributed by atoms with E-state index in [2.05, 4.69) is 10.3 Å². The fourth-order valence-corrected chi connectivity index (χ4v) is 1.51. The largest absolute Gasteiger partial charge is 0.388 e. The summed E-state index contributed by atoms with van der Waals surface area (Å²) in [5.41, 5.74) is 1.42. The first-order chi connectivity index (χ1) is 7.22. The second kappa shape index (κ2) is 3.88. The fraction of sp³-hybridized carbons (Fsp3) is 0.455. The van der Waals surface area contributed by atoms with Gasteiger partial charge in [0.15, 0.2) is 0 Å². The van der Waals surface area contributed by atoms with E-state index < -0.39 is 0 Å². The van der Waals surface area contributed by atoms with Crippen LogP contribution in [0.5, 0.6) is 0 Å². The van der Waals surface area contributed by atoms with E-state index >= 15 is 0 Å². The lowest BCUT2D eigenvalue weighted by atomic mass is 10.3. The van der Waals surface area contributed by atoms with Gasteiger partial charge in [-0.1, -0.05) is 0 Å². The maximum atomic E-state index is 11.9. The molecule has 0 bridgehead atoms. The Balaban J connectivity index is 2.16. The molecule has 0 atom stereocenters. The van der Waals surface area contributed by atoms with Gasteiger partial charge < -0.3 is 10.2 Å². The van der Waals surface area contributed by atoms with Crippen LogP contribution in [0.1, 0.15) is 23.3 Å². The van der Waals surface area contributed by atoms with Crippen molar-refractivity contribution in [2.75, 3.05) is 19.4 Å². The highest BCUT2D eigenvalue weighted by Gasteiger charge is 2.30. The monoisotopic (exact) mass is 205 g/mol. The molecule has 0 spiro atoms. The Hall–Kier alpha value is -1.58. The number of nitrogens with zero attached hydrogens (tertiary/aromatic N) is 2. The van der Waals surface area contributed by atoms with E-state index in [0.717, 1.165) is 18.5 Å². The second-order valence-corrected chi connectivity index (χ2v) is 3.83. The van der Waals surface area contributed by atoms with E-state index in [1.807, 2.05) is 20.2 Å². The molecule has 1 fully saturated rings. The van der Waals surface area contributed by atoms with Crippen molar-refractivity contribution in [3.63, 3.8) is 0 Å². The Labute approximate surface area is 89.3 Å². The SMILES string of the molecule is CNc1ccnc(C(=O)N(C)C2CC2)c1. The fourth-order valence-electron chi connectivity index (χ4n) is 1.51. The molecule has 0 unspecified atom stereocenters. The molecule has 1 N–H and O–H groups in total. The second-order valence-electron chi connectivity index (χ2n) is 3.83. The van der Waals surface area contributed by atoms with Crippen LogP contribution in [0.15, 0.2) is 18.3 Å². The Bertz CT molecular complexity index is 374. The van der Waals surface area contributed by atoms with Crippen molar-refractivity contribution in [3.05, 3.63) is 24.0 Å². The van der Waals surface area contributed by atoms with Crippen LogP contribution in [0.4, 0.5) is 5.69 Å². The van der Waals surface area contributed by atoms with Crippen LogP contribution in [0, 0.1) is 0 Å². The van der Waals surface area contributed by atoms with Gasteiger partial charge in [-0.2, -0.15) is 0 Å². The molecule has 0 radical (unpaired) electrons. The Morgan fingerprint density at radius 3 is 2.93 bits per heavy atom. The number of hydrogen-bond donors (Lipinski definition) is 1. The summed E-state index contributed by atoms with van der Waals surface area (Å²) in [5.74, 6) is 0.00889. The number of rotatable bonds is 3. The van der Waals surface area contributed by atoms with Gasteiger partial charge in [0, 0.05) is 32.0 Å². The first-order valence-electron chi connectivity index (χ1n) is 5.13. The van der Waals surface area contributed by atoms with E-state index in [1.165, 1.54) is 0 Å². The van der Waals surface area contributed by atoms with Crippen molar-refractivity contribution in [1.29, 1.82) is 0 Å². The molecular formula is C11H15N3O. The lowest BCUT2D eigenvalue weighted by Crippen LogP contribution is -2.29. The maximum Gasteiger partial charge on any atom is 0.272 e. The number of carbonyl (C=O) groups is 1. The summed E-state index contributed by atoms with van der Waals surface area (Å²) in [5, 5.41) is 3.00. The van der Waals surface area contributed by atoms with Crippen molar-refractivity contribution in [1.82, 2.24) is 9.88 Å². The highest BCUT2D eigenvalue weighted by molar-refractivity contribution is 5.93. The van der Waals surface area contributed by atoms with Gasteiger partial charge in [-0.05, 0) is 25.0 Å². The minimum absolute atomic E-state index is 0.00889. The molecule has 1 amide bonds. The third-order valence-electron chi connectivity index (χ3n) is 2.68. The Morgan fingerprint density at radius 2 is 2.33 bits per heavy atom. The topological polar surface area (TPSA) is 45.2 Å². The highest BCUT2D eigenvalue weighted by atomic mass is 16.2. The molecule has 4 heteroatoms. The average Bonchev–Trinajstić information content (AvgIpc) is 3.11. The number of anilines is 1. The van der Waals surface area contributed by atoms with Crippen LogP contribution >= 0.6 is 0 Å². The minimum atomic E-state index is 0.00889. The quantitative estimate of drug-likeness (QED) is 0.810. The number of hydrogen-bond acceptors (Lipinski definition) is 3. The van der Waals surface area contributed by atoms with Gasteiger partial charge in [0.1, 0.15) is 5.69 Å². The van der Waals surface area contributed by atoms with E-state index in [9.17, 15) is 4.79 Å². The van der Waals surface area contributed by atoms with Crippen molar-refractivity contribution < 1.29 is 4.79 Å². The summed E-state index contributed by atoms with van der Waals surface area (Å²) in [4.78, 5) is 17.8. The van der Waals surface area contributed by atoms with E-state index in [1.54, 1.807) is 17.2 Å². The van der Waals surface area contributed by atoms with Gasteiger partial charge in [-0.3, -0.25) is 9.78 Å². The summed E-state index contributed by atoms with van der Waals surface area (Å²) in [6.07, 6.45) is 3.89. The molecule has 4 nitrogen and oxygen atoms in total. The van der Waals surface area contributed by atoms with Crippen molar-refractivity contribution >= 4 is 11.6 Å². The van der Waals surface area contributed by atoms with E-state index in [-0.39, 0.29) is 5.91 Å². The normalized spacial score (nSPS) is 14.8. The molecule has 2 rings (SSSR count). The zero-order chi connectivity index (χ0) is 10.8. The molecule has 1 aromatic rings. The smallest absolute Gasteiger partial charge is 0.272 e. The molecule has 1 saturated carbocycles. The van der Waals surface area contributed by atoms with Crippen LogP contribution in [0.3, 0.4) is 0 Å². The molecular weight excluding hydrogens is 190 g/mol. The number of nitrogens with one attached hydrogen (secondary N) is 1. The zero-order valence-corrected chi connectivity index (χ0v) is 9.03. The van der Waals surface area contributed by atoms with Gasteiger partial charge in [-0.15, -0.1) is 0 Å². The van der Waals surface area contributed by atoms with Crippen LogP contribution in [-0.4, -0.2) is 35.9 Å². The zero-order valence-electron chi connectivity index (χ0n) is 9.03. The first kappa shape index (κ1) is 9.96. The number of amides is 1. The number of aromatic nitrogens is 1. The third-order valence-corrected chi connectivity index (χ3v) is 2.68. The summed E-state index contributed by atoms with van der Waals surface area (Å²) in [6, 6.07) is 4.05. The number of carbonyl (C=O) groups excluding carboxylic acids is 1. The number of pyridine rings is 1. The molecule has 1 aromatic heterocycles. The average molecular weight is 205 g/mol. The Kier molecular flexibility index (Phi) is 2.58. The molecule has 15 heavy (non-hydrogen) atoms. The summed E-state index contributed by atoms with van der Waals surface area (Å²) >= 11 is 0. The van der Waals surface area contributed by atoms with Crippen molar-refractivity contribution in [2.45, 2.75) is 18.9 Å². The van der Waals surface area contributed by atoms with E-state index in [4.69, 9.17) is 0 Å². The molecule has 80 valence electrons. The minimum Gasteiger partial charge on any atom is -0.388 e. The standard InChI is InChI=1S/C11H15N3O/c1-12-8-5-6-13-10(7-8)11(15)14(2)9-3-4-9/h5-7,9H,3-4H2,1-2H3,(H,12,13). The molecule has 0 aromatic carbocycles. The van der Waals surface area contributed by atoms with Gasteiger partial charge in [0.25, 0.3) is 5.91 Å². The first-order valence-corrected chi connectivity index (χ1v) is 5.13.